The van der Waals surface area contributed by atoms with Crippen molar-refractivity contribution in [2.24, 2.45) is 5.41 Å². The Labute approximate surface area is 143 Å². The van der Waals surface area contributed by atoms with Crippen LogP contribution >= 0.6 is 0 Å². The van der Waals surface area contributed by atoms with Crippen LogP contribution in [0.3, 0.4) is 0 Å². The van der Waals surface area contributed by atoms with E-state index in [4.69, 9.17) is 4.74 Å². The standard InChI is InChI=1S/C19H27FN2O2/c1-24-14-19(9-11-21-12-10-19)17(23)22-13-18(7-2-8-18)15-3-5-16(20)6-4-15/h3-6,21H,2,7-14H2,1H3,(H,22,23). The molecule has 0 aromatic heterocycles. The first-order chi connectivity index (χ1) is 11.6. The molecule has 1 heterocycles. The Morgan fingerprint density at radius 1 is 1.21 bits per heavy atom. The average molecular weight is 334 g/mol. The Hall–Kier alpha value is -1.46. The van der Waals surface area contributed by atoms with Crippen LogP contribution in [0.2, 0.25) is 0 Å². The minimum atomic E-state index is -0.423. The van der Waals surface area contributed by atoms with Gasteiger partial charge in [-0.3, -0.25) is 4.79 Å². The first-order valence-electron chi connectivity index (χ1n) is 8.84. The van der Waals surface area contributed by atoms with Gasteiger partial charge in [0.2, 0.25) is 5.91 Å². The molecule has 1 saturated heterocycles. The number of nitrogens with one attached hydrogen (secondary N) is 2. The summed E-state index contributed by atoms with van der Waals surface area (Å²) in [6.07, 6.45) is 4.84. The fourth-order valence-electron chi connectivity index (χ4n) is 4.03. The number of ether oxygens (including phenoxy) is 1. The van der Waals surface area contributed by atoms with E-state index >= 15 is 0 Å². The van der Waals surface area contributed by atoms with Gasteiger partial charge in [0.1, 0.15) is 5.82 Å². The van der Waals surface area contributed by atoms with Crippen LogP contribution in [0.5, 0.6) is 0 Å². The number of hydrogen-bond acceptors (Lipinski definition) is 3. The normalized spacial score (nSPS) is 21.8. The second kappa shape index (κ2) is 7.19. The number of methoxy groups -OCH3 is 1. The summed E-state index contributed by atoms with van der Waals surface area (Å²) in [5.74, 6) is -0.120. The van der Waals surface area contributed by atoms with E-state index in [0.29, 0.717) is 13.2 Å². The minimum Gasteiger partial charge on any atom is -0.384 e. The number of carbonyl (C=O) groups is 1. The fourth-order valence-corrected chi connectivity index (χ4v) is 4.03. The van der Waals surface area contributed by atoms with Gasteiger partial charge < -0.3 is 15.4 Å². The molecule has 1 aliphatic carbocycles. The van der Waals surface area contributed by atoms with Crippen LogP contribution in [0.1, 0.15) is 37.7 Å². The summed E-state index contributed by atoms with van der Waals surface area (Å²) in [6.45, 7) is 2.78. The highest BCUT2D eigenvalue weighted by molar-refractivity contribution is 5.83. The molecule has 24 heavy (non-hydrogen) atoms. The lowest BCUT2D eigenvalue weighted by atomic mass is 9.64. The molecule has 0 spiro atoms. The molecule has 1 aromatic rings. The Morgan fingerprint density at radius 3 is 2.42 bits per heavy atom. The highest BCUT2D eigenvalue weighted by Crippen LogP contribution is 2.43. The zero-order chi connectivity index (χ0) is 17.0. The molecule has 0 radical (unpaired) electrons. The molecule has 2 aliphatic rings. The SMILES string of the molecule is COCC1(C(=O)NCC2(c3ccc(F)cc3)CCC2)CCNCC1. The summed E-state index contributed by atoms with van der Waals surface area (Å²) < 4.78 is 18.5. The number of amides is 1. The van der Waals surface area contributed by atoms with Crippen molar-refractivity contribution in [3.63, 3.8) is 0 Å². The zero-order valence-corrected chi connectivity index (χ0v) is 14.4. The highest BCUT2D eigenvalue weighted by atomic mass is 19.1. The zero-order valence-electron chi connectivity index (χ0n) is 14.4. The van der Waals surface area contributed by atoms with E-state index in [2.05, 4.69) is 10.6 Å². The van der Waals surface area contributed by atoms with E-state index in [-0.39, 0.29) is 17.1 Å². The number of rotatable bonds is 6. The van der Waals surface area contributed by atoms with E-state index in [1.54, 1.807) is 7.11 Å². The Morgan fingerprint density at radius 2 is 1.88 bits per heavy atom. The molecule has 2 fully saturated rings. The van der Waals surface area contributed by atoms with Crippen molar-refractivity contribution in [2.75, 3.05) is 33.4 Å². The number of benzene rings is 1. The van der Waals surface area contributed by atoms with E-state index in [9.17, 15) is 9.18 Å². The van der Waals surface area contributed by atoms with Crippen molar-refractivity contribution in [1.29, 1.82) is 0 Å². The van der Waals surface area contributed by atoms with Gasteiger partial charge in [-0.05, 0) is 56.5 Å². The van der Waals surface area contributed by atoms with Gasteiger partial charge in [-0.25, -0.2) is 4.39 Å². The van der Waals surface area contributed by atoms with Crippen molar-refractivity contribution in [3.05, 3.63) is 35.6 Å². The molecule has 4 nitrogen and oxygen atoms in total. The average Bonchev–Trinajstić information content (AvgIpc) is 2.56. The monoisotopic (exact) mass is 334 g/mol. The van der Waals surface area contributed by atoms with Crippen LogP contribution in [0.15, 0.2) is 24.3 Å². The second-order valence-electron chi connectivity index (χ2n) is 7.29. The molecule has 0 bridgehead atoms. The first kappa shape index (κ1) is 17.4. The number of halogens is 1. The molecule has 1 amide bonds. The highest BCUT2D eigenvalue weighted by Gasteiger charge is 2.43. The van der Waals surface area contributed by atoms with E-state index in [0.717, 1.165) is 50.8 Å². The summed E-state index contributed by atoms with van der Waals surface area (Å²) in [4.78, 5) is 12.9. The molecule has 5 heteroatoms. The molecule has 0 atom stereocenters. The number of carbonyl (C=O) groups excluding carboxylic acids is 1. The van der Waals surface area contributed by atoms with Gasteiger partial charge >= 0.3 is 0 Å². The van der Waals surface area contributed by atoms with Crippen molar-refractivity contribution in [1.82, 2.24) is 10.6 Å². The molecule has 0 unspecified atom stereocenters. The maximum atomic E-state index is 13.2. The van der Waals surface area contributed by atoms with Crippen LogP contribution in [0.4, 0.5) is 4.39 Å². The second-order valence-corrected chi connectivity index (χ2v) is 7.29. The molecule has 3 rings (SSSR count). The van der Waals surface area contributed by atoms with Crippen LogP contribution in [-0.2, 0) is 14.9 Å². The van der Waals surface area contributed by atoms with Gasteiger partial charge in [-0.15, -0.1) is 0 Å². The van der Waals surface area contributed by atoms with Crippen molar-refractivity contribution in [2.45, 2.75) is 37.5 Å². The number of piperidine rings is 1. The Bertz CT molecular complexity index is 558. The lowest BCUT2D eigenvalue weighted by Gasteiger charge is -2.44. The third-order valence-electron chi connectivity index (χ3n) is 5.82. The first-order valence-corrected chi connectivity index (χ1v) is 8.84. The Kier molecular flexibility index (Phi) is 5.21. The Balaban J connectivity index is 1.68. The van der Waals surface area contributed by atoms with E-state index in [1.807, 2.05) is 12.1 Å². The third-order valence-corrected chi connectivity index (χ3v) is 5.82. The van der Waals surface area contributed by atoms with Crippen LogP contribution in [0, 0.1) is 11.2 Å². The smallest absolute Gasteiger partial charge is 0.228 e. The molecule has 1 aromatic carbocycles. The lowest BCUT2D eigenvalue weighted by Crippen LogP contribution is -2.53. The topological polar surface area (TPSA) is 50.4 Å². The van der Waals surface area contributed by atoms with Crippen molar-refractivity contribution >= 4 is 5.91 Å². The quantitative estimate of drug-likeness (QED) is 0.840. The molecular formula is C19H27FN2O2. The third kappa shape index (κ3) is 3.33. The summed E-state index contributed by atoms with van der Waals surface area (Å²) in [5.41, 5.74) is 0.666. The van der Waals surface area contributed by atoms with Crippen LogP contribution in [-0.4, -0.2) is 39.3 Å². The molecular weight excluding hydrogens is 307 g/mol. The number of hydrogen-bond donors (Lipinski definition) is 2. The van der Waals surface area contributed by atoms with Gasteiger partial charge in [0.05, 0.1) is 12.0 Å². The summed E-state index contributed by atoms with van der Waals surface area (Å²) in [5, 5.41) is 6.50. The predicted molar refractivity (Wildman–Crippen MR) is 91.4 cm³/mol. The van der Waals surface area contributed by atoms with Gasteiger partial charge in [-0.2, -0.15) is 0 Å². The lowest BCUT2D eigenvalue weighted by molar-refractivity contribution is -0.136. The van der Waals surface area contributed by atoms with Gasteiger partial charge in [0.15, 0.2) is 0 Å². The van der Waals surface area contributed by atoms with Gasteiger partial charge in [0.25, 0.3) is 0 Å². The largest absolute Gasteiger partial charge is 0.384 e. The summed E-state index contributed by atoms with van der Waals surface area (Å²) in [6, 6.07) is 6.74. The maximum absolute atomic E-state index is 13.2. The molecule has 132 valence electrons. The molecule has 1 saturated carbocycles. The van der Waals surface area contributed by atoms with Crippen molar-refractivity contribution in [3.8, 4) is 0 Å². The van der Waals surface area contributed by atoms with Crippen LogP contribution in [0.25, 0.3) is 0 Å². The maximum Gasteiger partial charge on any atom is 0.228 e. The summed E-state index contributed by atoms with van der Waals surface area (Å²) >= 11 is 0. The fraction of sp³-hybridized carbons (Fsp3) is 0.632. The van der Waals surface area contributed by atoms with Crippen molar-refractivity contribution < 1.29 is 13.9 Å². The summed E-state index contributed by atoms with van der Waals surface area (Å²) in [7, 11) is 1.66. The van der Waals surface area contributed by atoms with Gasteiger partial charge in [-0.1, -0.05) is 18.6 Å². The molecule has 2 N–H and O–H groups in total. The van der Waals surface area contributed by atoms with Gasteiger partial charge in [0, 0.05) is 19.1 Å². The van der Waals surface area contributed by atoms with Crippen LogP contribution < -0.4 is 10.6 Å². The van der Waals surface area contributed by atoms with E-state index < -0.39 is 5.41 Å². The predicted octanol–water partition coefficient (Wildman–Crippen LogP) is 2.38. The molecule has 1 aliphatic heterocycles. The van der Waals surface area contributed by atoms with E-state index in [1.165, 1.54) is 12.1 Å². The minimum absolute atomic E-state index is 0.0372.